The Morgan fingerprint density at radius 1 is 1.17 bits per heavy atom. The van der Waals surface area contributed by atoms with Crippen LogP contribution >= 0.6 is 11.6 Å². The van der Waals surface area contributed by atoms with Crippen molar-refractivity contribution < 1.29 is 4.74 Å². The molecule has 1 aliphatic rings. The fourth-order valence-electron chi connectivity index (χ4n) is 4.69. The lowest BCUT2D eigenvalue weighted by molar-refractivity contribution is 0.295. The van der Waals surface area contributed by atoms with Crippen molar-refractivity contribution in [2.24, 2.45) is 7.05 Å². The summed E-state index contributed by atoms with van der Waals surface area (Å²) in [5.41, 5.74) is 11.1. The third-order valence-corrected chi connectivity index (χ3v) is 6.43. The maximum Gasteiger partial charge on any atom is 0.261 e. The highest BCUT2D eigenvalue weighted by Gasteiger charge is 2.23. The van der Waals surface area contributed by atoms with E-state index < -0.39 is 0 Å². The lowest BCUT2D eigenvalue weighted by Gasteiger charge is -2.31. The number of benzene rings is 1. The Morgan fingerprint density at radius 3 is 2.77 bits per heavy atom. The minimum absolute atomic E-state index is 0.105. The van der Waals surface area contributed by atoms with Gasteiger partial charge >= 0.3 is 0 Å². The number of halogens is 1. The van der Waals surface area contributed by atoms with Crippen molar-refractivity contribution in [2.75, 3.05) is 23.8 Å². The molecule has 1 aromatic carbocycles. The van der Waals surface area contributed by atoms with Gasteiger partial charge in [-0.25, -0.2) is 15.0 Å². The van der Waals surface area contributed by atoms with Gasteiger partial charge in [0.15, 0.2) is 0 Å². The summed E-state index contributed by atoms with van der Waals surface area (Å²) in [7, 11) is 1.75. The first-order chi connectivity index (χ1) is 16.9. The number of hydrogen-bond acceptors (Lipinski definition) is 8. The van der Waals surface area contributed by atoms with Crippen LogP contribution in [0.1, 0.15) is 11.1 Å². The molecule has 0 bridgehead atoms. The van der Waals surface area contributed by atoms with Crippen molar-refractivity contribution in [3.63, 3.8) is 0 Å². The molecule has 6 rings (SSSR count). The van der Waals surface area contributed by atoms with E-state index in [2.05, 4.69) is 30.9 Å². The molecule has 10 nitrogen and oxygen atoms in total. The van der Waals surface area contributed by atoms with Crippen molar-refractivity contribution in [2.45, 2.75) is 13.5 Å². The fourth-order valence-corrected chi connectivity index (χ4v) is 4.83. The number of pyridine rings is 1. The second-order valence-electron chi connectivity index (χ2n) is 8.53. The van der Waals surface area contributed by atoms with Crippen LogP contribution < -0.4 is 20.9 Å². The molecule has 1 aliphatic heterocycles. The van der Waals surface area contributed by atoms with Gasteiger partial charge in [-0.2, -0.15) is 4.98 Å². The molecule has 0 amide bonds. The number of imidazole rings is 1. The number of fused-ring (bicyclic) bond motifs is 4. The third kappa shape index (κ3) is 3.45. The molecule has 4 aromatic heterocycles. The van der Waals surface area contributed by atoms with E-state index in [0.29, 0.717) is 53.0 Å². The van der Waals surface area contributed by atoms with E-state index in [1.807, 2.05) is 23.5 Å². The quantitative estimate of drug-likeness (QED) is 0.385. The molecule has 0 spiro atoms. The highest BCUT2D eigenvalue weighted by atomic mass is 35.5. The highest BCUT2D eigenvalue weighted by molar-refractivity contribution is 6.29. The zero-order chi connectivity index (χ0) is 24.3. The fraction of sp³-hybridized carbons (Fsp3) is 0.208. The maximum atomic E-state index is 13.5. The van der Waals surface area contributed by atoms with Gasteiger partial charge in [-0.05, 0) is 36.2 Å². The van der Waals surface area contributed by atoms with E-state index in [-0.39, 0.29) is 11.5 Å². The molecule has 0 fully saturated rings. The van der Waals surface area contributed by atoms with Gasteiger partial charge in [0.2, 0.25) is 11.8 Å². The van der Waals surface area contributed by atoms with Gasteiger partial charge in [0.05, 0.1) is 17.4 Å². The Bertz CT molecular complexity index is 1680. The van der Waals surface area contributed by atoms with Gasteiger partial charge in [-0.3, -0.25) is 13.8 Å². The number of anilines is 2. The molecular formula is C24H21ClN8O2. The first-order valence-electron chi connectivity index (χ1n) is 11.0. The molecule has 176 valence electrons. The lowest BCUT2D eigenvalue weighted by Crippen LogP contribution is -2.33. The monoisotopic (exact) mass is 488 g/mol. The van der Waals surface area contributed by atoms with Gasteiger partial charge in [0, 0.05) is 31.5 Å². The predicted octanol–water partition coefficient (Wildman–Crippen LogP) is 2.98. The Balaban J connectivity index is 1.57. The van der Waals surface area contributed by atoms with Gasteiger partial charge in [-0.15, -0.1) is 0 Å². The Kier molecular flexibility index (Phi) is 4.85. The second-order valence-corrected chi connectivity index (χ2v) is 8.92. The number of rotatable bonds is 3. The van der Waals surface area contributed by atoms with Crippen molar-refractivity contribution in [1.29, 1.82) is 0 Å². The van der Waals surface area contributed by atoms with Crippen LogP contribution in [0.3, 0.4) is 0 Å². The number of aromatic nitrogens is 6. The van der Waals surface area contributed by atoms with E-state index in [1.165, 1.54) is 0 Å². The average Bonchev–Trinajstić information content (AvgIpc) is 3.28. The summed E-state index contributed by atoms with van der Waals surface area (Å²) in [6.07, 6.45) is 4.95. The van der Waals surface area contributed by atoms with Crippen LogP contribution in [0, 0.1) is 6.92 Å². The van der Waals surface area contributed by atoms with E-state index in [0.717, 1.165) is 22.3 Å². The molecule has 0 aliphatic carbocycles. The van der Waals surface area contributed by atoms with Crippen LogP contribution in [0.5, 0.6) is 5.88 Å². The first kappa shape index (κ1) is 21.4. The van der Waals surface area contributed by atoms with Gasteiger partial charge in [0.1, 0.15) is 35.1 Å². The normalized spacial score (nSPS) is 13.3. The molecule has 0 atom stereocenters. The number of nitrogens with two attached hydrogens (primary N) is 1. The van der Waals surface area contributed by atoms with Crippen molar-refractivity contribution in [3.05, 3.63) is 69.6 Å². The van der Waals surface area contributed by atoms with E-state index >= 15 is 0 Å². The Hall–Kier alpha value is -4.18. The topological polar surface area (TPSA) is 116 Å². The molecule has 5 heterocycles. The SMILES string of the molecule is Cc1cc(CN2CCOc3nc(Cl)ccc32)c2c(c1)c(=O)n(C)c1c(-c3cnc(N)nc3)ncn21. The summed E-state index contributed by atoms with van der Waals surface area (Å²) in [6.45, 7) is 3.72. The maximum absolute atomic E-state index is 13.5. The van der Waals surface area contributed by atoms with Gasteiger partial charge in [-0.1, -0.05) is 17.7 Å². The molecule has 0 unspecified atom stereocenters. The predicted molar refractivity (Wildman–Crippen MR) is 134 cm³/mol. The average molecular weight is 489 g/mol. The molecule has 0 saturated carbocycles. The van der Waals surface area contributed by atoms with Gasteiger partial charge < -0.3 is 15.4 Å². The number of nitrogen functional groups attached to an aromatic ring is 1. The zero-order valence-electron chi connectivity index (χ0n) is 19.1. The van der Waals surface area contributed by atoms with Gasteiger partial charge in [0.25, 0.3) is 5.56 Å². The van der Waals surface area contributed by atoms with Crippen LogP contribution in [0.25, 0.3) is 27.8 Å². The number of aryl methyl sites for hydroxylation is 2. The molecule has 11 heteroatoms. The van der Waals surface area contributed by atoms with Crippen molar-refractivity contribution in [3.8, 4) is 17.1 Å². The van der Waals surface area contributed by atoms with Crippen LogP contribution in [0.2, 0.25) is 5.15 Å². The lowest BCUT2D eigenvalue weighted by atomic mass is 10.0. The molecule has 0 radical (unpaired) electrons. The third-order valence-electron chi connectivity index (χ3n) is 6.22. The van der Waals surface area contributed by atoms with E-state index in [1.54, 1.807) is 36.4 Å². The largest absolute Gasteiger partial charge is 0.474 e. The zero-order valence-corrected chi connectivity index (χ0v) is 19.8. The summed E-state index contributed by atoms with van der Waals surface area (Å²) in [5.74, 6) is 0.686. The summed E-state index contributed by atoms with van der Waals surface area (Å²) < 4.78 is 9.29. The van der Waals surface area contributed by atoms with Crippen molar-refractivity contribution in [1.82, 2.24) is 28.9 Å². The minimum atomic E-state index is -0.105. The number of hydrogen-bond donors (Lipinski definition) is 1. The molecular weight excluding hydrogens is 468 g/mol. The molecule has 5 aromatic rings. The minimum Gasteiger partial charge on any atom is -0.474 e. The summed E-state index contributed by atoms with van der Waals surface area (Å²) in [6, 6.07) is 7.68. The molecule has 35 heavy (non-hydrogen) atoms. The summed E-state index contributed by atoms with van der Waals surface area (Å²) in [4.78, 5) is 32.8. The van der Waals surface area contributed by atoms with Crippen molar-refractivity contribution >= 4 is 39.8 Å². The summed E-state index contributed by atoms with van der Waals surface area (Å²) >= 11 is 6.07. The number of nitrogens with zero attached hydrogens (tertiary/aromatic N) is 7. The summed E-state index contributed by atoms with van der Waals surface area (Å²) in [5, 5.41) is 1.00. The number of ether oxygens (including phenoxy) is 1. The Morgan fingerprint density at radius 2 is 1.97 bits per heavy atom. The molecule has 2 N–H and O–H groups in total. The van der Waals surface area contributed by atoms with Crippen LogP contribution in [-0.2, 0) is 13.6 Å². The highest BCUT2D eigenvalue weighted by Crippen LogP contribution is 2.33. The Labute approximate surface area is 204 Å². The van der Waals surface area contributed by atoms with E-state index in [4.69, 9.17) is 22.1 Å². The van der Waals surface area contributed by atoms with Crippen LogP contribution in [-0.4, -0.2) is 42.1 Å². The first-order valence-corrected chi connectivity index (χ1v) is 11.4. The van der Waals surface area contributed by atoms with E-state index in [9.17, 15) is 4.79 Å². The standard InChI is InChI=1S/C24H21ClN8O2/c1-13-7-14(11-32-5-6-35-21-17(32)3-4-18(25)30-21)20-16(8-13)23(34)31(2)22-19(29-12-33(20)22)15-9-27-24(26)28-10-15/h3-4,7-10,12H,5-6,11H2,1-2H3,(H2,26,27,28). The molecule has 0 saturated heterocycles. The van der Waals surface area contributed by atoms with Crippen LogP contribution in [0.15, 0.2) is 47.8 Å². The smallest absolute Gasteiger partial charge is 0.261 e. The van der Waals surface area contributed by atoms with Crippen LogP contribution in [0.4, 0.5) is 11.6 Å². The second kappa shape index (κ2) is 7.95.